The van der Waals surface area contributed by atoms with Crippen LogP contribution in [0, 0.1) is 18.3 Å². The largest absolute Gasteiger partial charge is 0.497 e. The van der Waals surface area contributed by atoms with Crippen molar-refractivity contribution in [3.8, 4) is 22.4 Å². The van der Waals surface area contributed by atoms with Gasteiger partial charge in [0.1, 0.15) is 21.7 Å². The number of aromatic nitrogens is 1. The number of hydrogen-bond acceptors (Lipinski definition) is 4. The summed E-state index contributed by atoms with van der Waals surface area (Å²) >= 11 is 1.41. The van der Waals surface area contributed by atoms with E-state index in [2.05, 4.69) is 11.1 Å². The normalized spacial score (nSPS) is 9.81. The highest BCUT2D eigenvalue weighted by Gasteiger charge is 2.08. The lowest BCUT2D eigenvalue weighted by molar-refractivity contribution is 0.415. The van der Waals surface area contributed by atoms with E-state index in [-0.39, 0.29) is 0 Å². The van der Waals surface area contributed by atoms with Crippen LogP contribution < -0.4 is 4.74 Å². The highest BCUT2D eigenvalue weighted by molar-refractivity contribution is 7.15. The Hall–Kier alpha value is -1.86. The highest BCUT2D eigenvalue weighted by Crippen LogP contribution is 2.28. The molecule has 0 N–H and O–H groups in total. The molecule has 80 valence electrons. The minimum absolute atomic E-state index is 0.672. The van der Waals surface area contributed by atoms with E-state index in [4.69, 9.17) is 10.00 Å². The van der Waals surface area contributed by atoms with Crippen molar-refractivity contribution in [1.82, 2.24) is 4.98 Å². The number of ether oxygens (including phenoxy) is 1. The van der Waals surface area contributed by atoms with Gasteiger partial charge >= 0.3 is 0 Å². The summed E-state index contributed by atoms with van der Waals surface area (Å²) in [6, 6.07) is 9.80. The number of methoxy groups -OCH3 is 1. The predicted octanol–water partition coefficient (Wildman–Crippen LogP) is 3.00. The number of aryl methyl sites for hydroxylation is 1. The molecule has 2 rings (SSSR count). The van der Waals surface area contributed by atoms with Gasteiger partial charge in [-0.15, -0.1) is 11.3 Å². The number of nitriles is 1. The molecule has 0 saturated carbocycles. The number of hydrogen-bond donors (Lipinski definition) is 0. The van der Waals surface area contributed by atoms with Crippen LogP contribution in [0.4, 0.5) is 0 Å². The quantitative estimate of drug-likeness (QED) is 0.796. The van der Waals surface area contributed by atoms with Crippen LogP contribution in [-0.4, -0.2) is 12.1 Å². The van der Waals surface area contributed by atoms with Crippen LogP contribution in [0.25, 0.3) is 10.6 Å². The zero-order valence-corrected chi connectivity index (χ0v) is 9.84. The van der Waals surface area contributed by atoms with Crippen LogP contribution in [-0.2, 0) is 0 Å². The molecule has 0 aliphatic carbocycles. The zero-order valence-electron chi connectivity index (χ0n) is 9.02. The Morgan fingerprint density at radius 2 is 2.00 bits per heavy atom. The fourth-order valence-electron chi connectivity index (χ4n) is 1.36. The molecular formula is C12H10N2OS. The molecule has 1 heterocycles. The SMILES string of the molecule is COc1ccc(-c2nc(C)c(C#N)s2)cc1. The average Bonchev–Trinajstić information content (AvgIpc) is 2.71. The van der Waals surface area contributed by atoms with Crippen LogP contribution in [0.2, 0.25) is 0 Å². The summed E-state index contributed by atoms with van der Waals surface area (Å²) in [5, 5.41) is 9.73. The minimum atomic E-state index is 0.672. The number of thiazole rings is 1. The molecule has 0 radical (unpaired) electrons. The van der Waals surface area contributed by atoms with E-state index in [1.807, 2.05) is 31.2 Å². The Bertz CT molecular complexity index is 537. The predicted molar refractivity (Wildman–Crippen MR) is 63.6 cm³/mol. The van der Waals surface area contributed by atoms with Crippen molar-refractivity contribution in [3.63, 3.8) is 0 Å². The van der Waals surface area contributed by atoms with E-state index >= 15 is 0 Å². The molecule has 0 aliphatic rings. The second kappa shape index (κ2) is 4.33. The highest BCUT2D eigenvalue weighted by atomic mass is 32.1. The van der Waals surface area contributed by atoms with E-state index in [0.29, 0.717) is 4.88 Å². The minimum Gasteiger partial charge on any atom is -0.497 e. The molecule has 0 atom stereocenters. The molecule has 2 aromatic rings. The second-order valence-electron chi connectivity index (χ2n) is 3.27. The fraction of sp³-hybridized carbons (Fsp3) is 0.167. The van der Waals surface area contributed by atoms with Crippen molar-refractivity contribution < 1.29 is 4.74 Å². The third kappa shape index (κ3) is 1.90. The van der Waals surface area contributed by atoms with Crippen molar-refractivity contribution >= 4 is 11.3 Å². The topological polar surface area (TPSA) is 45.9 Å². The van der Waals surface area contributed by atoms with Gasteiger partial charge in [0.15, 0.2) is 0 Å². The number of benzene rings is 1. The van der Waals surface area contributed by atoms with Gasteiger partial charge in [-0.1, -0.05) is 0 Å². The maximum absolute atomic E-state index is 8.86. The van der Waals surface area contributed by atoms with Gasteiger partial charge < -0.3 is 4.74 Å². The lowest BCUT2D eigenvalue weighted by Crippen LogP contribution is -1.82. The average molecular weight is 230 g/mol. The van der Waals surface area contributed by atoms with Crippen LogP contribution in [0.5, 0.6) is 5.75 Å². The Labute approximate surface area is 97.9 Å². The van der Waals surface area contributed by atoms with Gasteiger partial charge in [0.2, 0.25) is 0 Å². The zero-order chi connectivity index (χ0) is 11.5. The van der Waals surface area contributed by atoms with Crippen LogP contribution in [0.3, 0.4) is 0 Å². The summed E-state index contributed by atoms with van der Waals surface area (Å²) in [5.74, 6) is 0.817. The molecule has 0 fully saturated rings. The summed E-state index contributed by atoms with van der Waals surface area (Å²) in [6.45, 7) is 1.85. The molecule has 0 amide bonds. The van der Waals surface area contributed by atoms with Crippen molar-refractivity contribution in [2.75, 3.05) is 7.11 Å². The summed E-state index contributed by atoms with van der Waals surface area (Å²) in [4.78, 5) is 5.03. The van der Waals surface area contributed by atoms with Gasteiger partial charge in [-0.05, 0) is 31.2 Å². The monoisotopic (exact) mass is 230 g/mol. The summed E-state index contributed by atoms with van der Waals surface area (Å²) in [7, 11) is 1.64. The third-order valence-corrected chi connectivity index (χ3v) is 3.35. The molecule has 0 bridgehead atoms. The van der Waals surface area contributed by atoms with E-state index in [9.17, 15) is 0 Å². The van der Waals surface area contributed by atoms with Crippen molar-refractivity contribution in [1.29, 1.82) is 5.26 Å². The van der Waals surface area contributed by atoms with Crippen LogP contribution >= 0.6 is 11.3 Å². The maximum Gasteiger partial charge on any atom is 0.128 e. The van der Waals surface area contributed by atoms with Crippen molar-refractivity contribution in [2.24, 2.45) is 0 Å². The lowest BCUT2D eigenvalue weighted by atomic mass is 10.2. The van der Waals surface area contributed by atoms with Crippen molar-refractivity contribution in [3.05, 3.63) is 34.8 Å². The third-order valence-electron chi connectivity index (χ3n) is 2.24. The van der Waals surface area contributed by atoms with E-state index in [1.54, 1.807) is 7.11 Å². The molecule has 0 unspecified atom stereocenters. The summed E-state index contributed by atoms with van der Waals surface area (Å²) in [5.41, 5.74) is 1.80. The standard InChI is InChI=1S/C12H10N2OS/c1-8-11(7-13)16-12(14-8)9-3-5-10(15-2)6-4-9/h3-6H,1-2H3. The molecule has 0 aliphatic heterocycles. The van der Waals surface area contributed by atoms with Crippen LogP contribution in [0.1, 0.15) is 10.6 Å². The van der Waals surface area contributed by atoms with E-state index in [0.717, 1.165) is 22.0 Å². The molecule has 16 heavy (non-hydrogen) atoms. The Morgan fingerprint density at radius 3 is 2.50 bits per heavy atom. The first-order chi connectivity index (χ1) is 7.74. The Balaban J connectivity index is 2.39. The van der Waals surface area contributed by atoms with Gasteiger partial charge in [0.25, 0.3) is 0 Å². The molecular weight excluding hydrogens is 220 g/mol. The Morgan fingerprint density at radius 1 is 1.31 bits per heavy atom. The molecule has 3 nitrogen and oxygen atoms in total. The second-order valence-corrected chi connectivity index (χ2v) is 4.27. The van der Waals surface area contributed by atoms with Gasteiger partial charge in [-0.2, -0.15) is 5.26 Å². The molecule has 4 heteroatoms. The van der Waals surface area contributed by atoms with Gasteiger partial charge in [-0.25, -0.2) is 4.98 Å². The molecule has 0 saturated heterocycles. The van der Waals surface area contributed by atoms with Crippen molar-refractivity contribution in [2.45, 2.75) is 6.92 Å². The van der Waals surface area contributed by atoms with Gasteiger partial charge in [-0.3, -0.25) is 0 Å². The molecule has 0 spiro atoms. The van der Waals surface area contributed by atoms with Gasteiger partial charge in [0, 0.05) is 5.56 Å². The number of nitrogens with zero attached hydrogens (tertiary/aromatic N) is 2. The Kier molecular flexibility index (Phi) is 2.88. The first-order valence-corrected chi connectivity index (χ1v) is 5.58. The number of rotatable bonds is 2. The first-order valence-electron chi connectivity index (χ1n) is 4.76. The van der Waals surface area contributed by atoms with E-state index in [1.165, 1.54) is 11.3 Å². The molecule has 1 aromatic heterocycles. The van der Waals surface area contributed by atoms with Gasteiger partial charge in [0.05, 0.1) is 12.8 Å². The maximum atomic E-state index is 8.86. The first kappa shape index (κ1) is 10.7. The fourth-order valence-corrected chi connectivity index (χ4v) is 2.23. The smallest absolute Gasteiger partial charge is 0.128 e. The summed E-state index contributed by atoms with van der Waals surface area (Å²) in [6.07, 6.45) is 0. The lowest BCUT2D eigenvalue weighted by Gasteiger charge is -1.99. The van der Waals surface area contributed by atoms with Crippen LogP contribution in [0.15, 0.2) is 24.3 Å². The summed E-state index contributed by atoms with van der Waals surface area (Å²) < 4.78 is 5.09. The van der Waals surface area contributed by atoms with E-state index < -0.39 is 0 Å². The molecule has 1 aromatic carbocycles.